The van der Waals surface area contributed by atoms with E-state index in [2.05, 4.69) is 53.8 Å². The van der Waals surface area contributed by atoms with Crippen molar-refractivity contribution in [3.05, 3.63) is 11.1 Å². The molecule has 6 aliphatic carbocycles. The van der Waals surface area contributed by atoms with Crippen molar-refractivity contribution >= 4 is 17.7 Å². The molecule has 8 atom stereocenters. The first kappa shape index (κ1) is 31.3. The lowest BCUT2D eigenvalue weighted by Gasteiger charge is -2.72. The molecule has 0 heterocycles. The number of carbonyl (C=O) groups is 3. The Hall–Kier alpha value is -1.65. The van der Waals surface area contributed by atoms with Gasteiger partial charge in [0.25, 0.3) is 0 Å². The molecule has 0 bridgehead atoms. The Morgan fingerprint density at radius 1 is 0.814 bits per heavy atom. The Balaban J connectivity index is 1.36. The van der Waals surface area contributed by atoms with Crippen LogP contribution >= 0.6 is 0 Å². The Morgan fingerprint density at radius 2 is 1.51 bits per heavy atom. The van der Waals surface area contributed by atoms with Gasteiger partial charge in [-0.05, 0) is 115 Å². The number of carbonyl (C=O) groups excluding carboxylic acids is 3. The summed E-state index contributed by atoms with van der Waals surface area (Å²) in [5.74, 6) is 1.77. The van der Waals surface area contributed by atoms with E-state index in [-0.39, 0.29) is 63.3 Å². The van der Waals surface area contributed by atoms with E-state index in [0.29, 0.717) is 18.3 Å². The third kappa shape index (κ3) is 4.38. The topological polar surface area (TPSA) is 72.5 Å². The van der Waals surface area contributed by atoms with Crippen LogP contribution in [0.4, 0.5) is 0 Å². The first-order valence-electron chi connectivity index (χ1n) is 17.9. The van der Waals surface area contributed by atoms with Gasteiger partial charge < -0.3 is 10.1 Å². The first-order chi connectivity index (χ1) is 20.1. The van der Waals surface area contributed by atoms with Crippen LogP contribution in [0.5, 0.6) is 0 Å². The van der Waals surface area contributed by atoms with Crippen molar-refractivity contribution in [3.63, 3.8) is 0 Å². The van der Waals surface area contributed by atoms with Gasteiger partial charge in [0.05, 0.1) is 5.41 Å². The number of allylic oxidation sites excluding steroid dienone is 1. The maximum atomic E-state index is 14.4. The first-order valence-corrected chi connectivity index (χ1v) is 17.9. The van der Waals surface area contributed by atoms with Crippen LogP contribution in [0.2, 0.25) is 0 Å². The second-order valence-electron chi connectivity index (χ2n) is 17.5. The minimum absolute atomic E-state index is 0.0133. The van der Waals surface area contributed by atoms with Gasteiger partial charge in [-0.25, -0.2) is 0 Å². The van der Waals surface area contributed by atoms with Crippen molar-refractivity contribution in [2.45, 2.75) is 157 Å². The van der Waals surface area contributed by atoms with Crippen LogP contribution in [0.1, 0.15) is 145 Å². The van der Waals surface area contributed by atoms with Gasteiger partial charge in [-0.3, -0.25) is 14.4 Å². The molecule has 0 aromatic carbocycles. The lowest BCUT2D eigenvalue weighted by atomic mass is 9.33. The van der Waals surface area contributed by atoms with Crippen LogP contribution in [0.15, 0.2) is 11.1 Å². The summed E-state index contributed by atoms with van der Waals surface area (Å²) < 4.78 is 5.93. The van der Waals surface area contributed by atoms with E-state index < -0.39 is 5.41 Å². The van der Waals surface area contributed by atoms with Crippen LogP contribution in [-0.2, 0) is 19.1 Å². The van der Waals surface area contributed by atoms with Gasteiger partial charge in [-0.1, -0.05) is 67.7 Å². The summed E-state index contributed by atoms with van der Waals surface area (Å²) in [6, 6.07) is 0.261. The largest absolute Gasteiger partial charge is 0.462 e. The average molecular weight is 594 g/mol. The summed E-state index contributed by atoms with van der Waals surface area (Å²) in [5.41, 5.74) is 1.94. The third-order valence-corrected chi connectivity index (χ3v) is 15.1. The Morgan fingerprint density at radius 3 is 2.16 bits per heavy atom. The summed E-state index contributed by atoms with van der Waals surface area (Å²) >= 11 is 0. The van der Waals surface area contributed by atoms with E-state index in [0.717, 1.165) is 63.4 Å². The normalized spacial score (nSPS) is 44.3. The van der Waals surface area contributed by atoms with Crippen molar-refractivity contribution in [2.24, 2.45) is 50.7 Å². The lowest BCUT2D eigenvalue weighted by molar-refractivity contribution is -0.232. The van der Waals surface area contributed by atoms with Gasteiger partial charge in [-0.2, -0.15) is 0 Å². The van der Waals surface area contributed by atoms with E-state index in [1.54, 1.807) is 6.92 Å². The molecular weight excluding hydrogens is 534 g/mol. The highest BCUT2D eigenvalue weighted by Gasteiger charge is 2.71. The second-order valence-corrected chi connectivity index (χ2v) is 17.5. The molecule has 5 heteroatoms. The number of fused-ring (bicyclic) bond motifs is 7. The lowest BCUT2D eigenvalue weighted by Crippen LogP contribution is -2.66. The van der Waals surface area contributed by atoms with Crippen LogP contribution in [-0.4, -0.2) is 29.8 Å². The zero-order valence-corrected chi connectivity index (χ0v) is 28.5. The highest BCUT2D eigenvalue weighted by molar-refractivity contribution is 6.07. The van der Waals surface area contributed by atoms with E-state index in [9.17, 15) is 14.4 Å². The number of hydrogen-bond acceptors (Lipinski definition) is 4. The molecule has 0 saturated heterocycles. The van der Waals surface area contributed by atoms with E-state index in [4.69, 9.17) is 4.74 Å². The minimum atomic E-state index is -0.646. The molecule has 43 heavy (non-hydrogen) atoms. The monoisotopic (exact) mass is 593 g/mol. The van der Waals surface area contributed by atoms with Gasteiger partial charge in [0.1, 0.15) is 6.10 Å². The predicted molar refractivity (Wildman–Crippen MR) is 170 cm³/mol. The summed E-state index contributed by atoms with van der Waals surface area (Å²) in [6.07, 6.45) is 14.6. The fourth-order valence-electron chi connectivity index (χ4n) is 12.9. The molecule has 0 aromatic heterocycles. The smallest absolute Gasteiger partial charge is 0.302 e. The number of nitrogens with one attached hydrogen (secondary N) is 1. The average Bonchev–Trinajstić information content (AvgIpc) is 3.24. The molecule has 5 saturated carbocycles. The molecule has 0 spiro atoms. The van der Waals surface area contributed by atoms with E-state index in [1.807, 2.05) is 0 Å². The van der Waals surface area contributed by atoms with Gasteiger partial charge in [0, 0.05) is 24.8 Å². The molecule has 1 amide bonds. The summed E-state index contributed by atoms with van der Waals surface area (Å²) in [4.78, 5) is 40.3. The third-order valence-electron chi connectivity index (χ3n) is 15.1. The van der Waals surface area contributed by atoms with Crippen molar-refractivity contribution < 1.29 is 19.1 Å². The number of esters is 1. The summed E-state index contributed by atoms with van der Waals surface area (Å²) in [5, 5.41) is 3.51. The fraction of sp³-hybridized carbons (Fsp3) is 0.868. The minimum Gasteiger partial charge on any atom is -0.462 e. The molecule has 6 aliphatic rings. The molecular formula is C38H59NO4. The van der Waals surface area contributed by atoms with Crippen LogP contribution in [0.3, 0.4) is 0 Å². The van der Waals surface area contributed by atoms with Crippen LogP contribution < -0.4 is 5.32 Å². The van der Waals surface area contributed by atoms with Crippen molar-refractivity contribution in [2.75, 3.05) is 0 Å². The predicted octanol–water partition coefficient (Wildman–Crippen LogP) is 8.35. The van der Waals surface area contributed by atoms with Crippen molar-refractivity contribution in [1.29, 1.82) is 0 Å². The van der Waals surface area contributed by atoms with Crippen LogP contribution in [0.25, 0.3) is 0 Å². The van der Waals surface area contributed by atoms with Gasteiger partial charge in [0.2, 0.25) is 5.91 Å². The molecule has 0 radical (unpaired) electrons. The summed E-state index contributed by atoms with van der Waals surface area (Å²) in [6.45, 7) is 18.3. The molecule has 240 valence electrons. The Labute approximate surface area is 261 Å². The molecule has 3 unspecified atom stereocenters. The molecule has 5 nitrogen and oxygen atoms in total. The van der Waals surface area contributed by atoms with E-state index >= 15 is 0 Å². The number of Topliss-reactive ketones (excluding diaryl/α,β-unsaturated/α-hetero) is 1. The standard InChI is InChI=1S/C38H59NO4/c1-23(2)31-27(41)22-38(33(42)39-25-12-10-9-11-13-25)21-20-36(7)26(32(31)38)14-15-29-35(6)18-17-30(43-24(3)40)34(4,5)28(35)16-19-37(29,36)8/h23,25-26,28-30H,9-22H2,1-8H3,(H,39,42)/t26?,28?,29?,30-,35-,36+,37+,38+/m0/s1. The van der Waals surface area contributed by atoms with Crippen LogP contribution in [0, 0.1) is 50.7 Å². The second kappa shape index (κ2) is 10.4. The SMILES string of the molecule is CC(=O)O[C@H]1CC[C@@]2(C)C(CC[C@]3(C)C2CCC2C4=C(C(C)C)C(=O)C[C@]4(C(=O)NC4CCCCC4)CC[C@]23C)C1(C)C. The van der Waals surface area contributed by atoms with Crippen molar-refractivity contribution in [3.8, 4) is 0 Å². The molecule has 0 aromatic rings. The molecule has 0 aliphatic heterocycles. The molecule has 6 rings (SSSR count). The number of ketones is 1. The van der Waals surface area contributed by atoms with E-state index in [1.165, 1.54) is 31.3 Å². The number of ether oxygens (including phenoxy) is 1. The fourth-order valence-corrected chi connectivity index (χ4v) is 12.9. The Kier molecular flexibility index (Phi) is 7.61. The maximum Gasteiger partial charge on any atom is 0.302 e. The Bertz CT molecular complexity index is 1210. The zero-order valence-electron chi connectivity index (χ0n) is 28.5. The number of rotatable bonds is 4. The highest BCUT2D eigenvalue weighted by atomic mass is 16.5. The number of hydrogen-bond donors (Lipinski definition) is 1. The highest BCUT2D eigenvalue weighted by Crippen LogP contribution is 2.76. The maximum absolute atomic E-state index is 14.4. The molecule has 5 fully saturated rings. The quantitative estimate of drug-likeness (QED) is 0.333. The summed E-state index contributed by atoms with van der Waals surface area (Å²) in [7, 11) is 0. The number of amides is 1. The van der Waals surface area contributed by atoms with Crippen molar-refractivity contribution in [1.82, 2.24) is 5.32 Å². The zero-order chi connectivity index (χ0) is 31.2. The molecule has 1 N–H and O–H groups in total. The van der Waals surface area contributed by atoms with Gasteiger partial charge in [-0.15, -0.1) is 0 Å². The van der Waals surface area contributed by atoms with Gasteiger partial charge >= 0.3 is 5.97 Å². The van der Waals surface area contributed by atoms with Gasteiger partial charge in [0.15, 0.2) is 5.78 Å².